The average Bonchev–Trinajstić information content (AvgIpc) is 2.75. The van der Waals surface area contributed by atoms with Gasteiger partial charge in [-0.05, 0) is 39.0 Å². The van der Waals surface area contributed by atoms with Gasteiger partial charge in [0.05, 0.1) is 23.9 Å². The van der Waals surface area contributed by atoms with Crippen molar-refractivity contribution >= 4 is 22.5 Å². The molecular formula is C24H24N4O2. The number of nitrogens with one attached hydrogen (secondary N) is 2. The van der Waals surface area contributed by atoms with Crippen molar-refractivity contribution in [3.8, 4) is 11.8 Å². The number of rotatable bonds is 7. The second-order valence-electron chi connectivity index (χ2n) is 6.86. The molecule has 1 unspecified atom stereocenters. The Hall–Kier alpha value is -3.85. The van der Waals surface area contributed by atoms with E-state index in [0.717, 1.165) is 33.5 Å². The van der Waals surface area contributed by atoms with Crippen LogP contribution in [0.3, 0.4) is 0 Å². The third-order valence-corrected chi connectivity index (χ3v) is 4.65. The number of hydrogen-bond acceptors (Lipinski definition) is 5. The highest BCUT2D eigenvalue weighted by molar-refractivity contribution is 5.98. The summed E-state index contributed by atoms with van der Waals surface area (Å²) < 4.78 is 5.68. The molecule has 3 aromatic rings. The highest BCUT2D eigenvalue weighted by Gasteiger charge is 2.17. The number of anilines is 1. The molecule has 3 rings (SSSR count). The number of aryl methyl sites for hydroxylation is 1. The van der Waals surface area contributed by atoms with Crippen molar-refractivity contribution in [2.24, 2.45) is 0 Å². The van der Waals surface area contributed by atoms with E-state index < -0.39 is 5.91 Å². The van der Waals surface area contributed by atoms with Crippen LogP contribution >= 0.6 is 0 Å². The molecule has 0 saturated carbocycles. The van der Waals surface area contributed by atoms with Crippen molar-refractivity contribution in [3.63, 3.8) is 0 Å². The van der Waals surface area contributed by atoms with Gasteiger partial charge in [-0.2, -0.15) is 5.26 Å². The first-order valence-electron chi connectivity index (χ1n) is 9.78. The number of hydrogen-bond donors (Lipinski definition) is 2. The molecule has 1 aromatic heterocycles. The van der Waals surface area contributed by atoms with Crippen molar-refractivity contribution in [1.29, 1.82) is 5.26 Å². The zero-order chi connectivity index (χ0) is 21.5. The van der Waals surface area contributed by atoms with Crippen LogP contribution in [0.2, 0.25) is 0 Å². The van der Waals surface area contributed by atoms with E-state index >= 15 is 0 Å². The summed E-state index contributed by atoms with van der Waals surface area (Å²) in [6, 6.07) is 17.0. The Balaban J connectivity index is 1.78. The second-order valence-corrected chi connectivity index (χ2v) is 6.86. The Morgan fingerprint density at radius 2 is 2.07 bits per heavy atom. The van der Waals surface area contributed by atoms with Crippen LogP contribution in [-0.2, 0) is 4.79 Å². The number of ether oxygens (including phenoxy) is 1. The van der Waals surface area contributed by atoms with Gasteiger partial charge in [0.1, 0.15) is 17.4 Å². The Morgan fingerprint density at radius 1 is 1.27 bits per heavy atom. The van der Waals surface area contributed by atoms with Crippen LogP contribution in [0.25, 0.3) is 10.9 Å². The number of nitrogens with zero attached hydrogens (tertiary/aromatic N) is 2. The molecule has 6 heteroatoms. The van der Waals surface area contributed by atoms with Crippen LogP contribution in [0, 0.1) is 18.3 Å². The predicted octanol–water partition coefficient (Wildman–Crippen LogP) is 4.64. The van der Waals surface area contributed by atoms with Gasteiger partial charge in [-0.3, -0.25) is 9.78 Å². The predicted molar refractivity (Wildman–Crippen MR) is 118 cm³/mol. The van der Waals surface area contributed by atoms with Crippen LogP contribution in [0.4, 0.5) is 5.69 Å². The molecule has 0 aliphatic heterocycles. The molecule has 0 saturated heterocycles. The van der Waals surface area contributed by atoms with Gasteiger partial charge in [0, 0.05) is 23.3 Å². The summed E-state index contributed by atoms with van der Waals surface area (Å²) in [6.07, 6.45) is 3.11. The van der Waals surface area contributed by atoms with Gasteiger partial charge < -0.3 is 15.4 Å². The molecule has 1 atom stereocenters. The summed E-state index contributed by atoms with van der Waals surface area (Å²) in [7, 11) is 0. The maximum absolute atomic E-state index is 12.7. The van der Waals surface area contributed by atoms with Crippen LogP contribution in [0.5, 0.6) is 5.75 Å². The van der Waals surface area contributed by atoms with Gasteiger partial charge in [-0.25, -0.2) is 0 Å². The normalized spacial score (nSPS) is 12.1. The average molecular weight is 400 g/mol. The minimum atomic E-state index is -0.463. The smallest absolute Gasteiger partial charge is 0.263 e. The topological polar surface area (TPSA) is 87.0 Å². The first-order chi connectivity index (χ1) is 14.5. The highest BCUT2D eigenvalue weighted by atomic mass is 16.5. The summed E-state index contributed by atoms with van der Waals surface area (Å²) in [5, 5.41) is 16.4. The Kier molecular flexibility index (Phi) is 6.66. The van der Waals surface area contributed by atoms with Crippen LogP contribution < -0.4 is 15.4 Å². The fourth-order valence-electron chi connectivity index (χ4n) is 3.16. The zero-order valence-electron chi connectivity index (χ0n) is 17.3. The maximum Gasteiger partial charge on any atom is 0.263 e. The molecule has 6 nitrogen and oxygen atoms in total. The molecule has 0 aliphatic rings. The van der Waals surface area contributed by atoms with Gasteiger partial charge in [-0.1, -0.05) is 35.9 Å². The molecule has 0 fully saturated rings. The van der Waals surface area contributed by atoms with E-state index in [1.807, 2.05) is 75.4 Å². The van der Waals surface area contributed by atoms with E-state index in [1.54, 1.807) is 6.20 Å². The Labute approximate surface area is 176 Å². The monoisotopic (exact) mass is 400 g/mol. The molecule has 30 heavy (non-hydrogen) atoms. The van der Waals surface area contributed by atoms with Crippen molar-refractivity contribution in [1.82, 2.24) is 10.3 Å². The first-order valence-corrected chi connectivity index (χ1v) is 9.78. The SMILES string of the molecule is CCOc1ccc(C)cc1C(C)NC(=O)/C(C#N)=C\Nc1cccc2cccnc12. The fraction of sp³-hybridized carbons (Fsp3) is 0.208. The standard InChI is InChI=1S/C24H24N4O2/c1-4-30-22-11-10-16(2)13-20(22)17(3)28-24(29)19(14-25)15-27-21-9-5-7-18-8-6-12-26-23(18)21/h5-13,15,17,27H,4H2,1-3H3,(H,28,29)/b19-15-. The van der Waals surface area contributed by atoms with Gasteiger partial charge in [0.25, 0.3) is 5.91 Å². The van der Waals surface area contributed by atoms with E-state index in [-0.39, 0.29) is 11.6 Å². The van der Waals surface area contributed by atoms with E-state index in [1.165, 1.54) is 6.20 Å². The summed E-state index contributed by atoms with van der Waals surface area (Å²) in [5.41, 5.74) is 3.40. The van der Waals surface area contributed by atoms with E-state index in [4.69, 9.17) is 4.74 Å². The quantitative estimate of drug-likeness (QED) is 0.446. The number of fused-ring (bicyclic) bond motifs is 1. The van der Waals surface area contributed by atoms with Crippen LogP contribution in [0.15, 0.2) is 66.5 Å². The number of carbonyl (C=O) groups is 1. The summed E-state index contributed by atoms with van der Waals surface area (Å²) >= 11 is 0. The van der Waals surface area contributed by atoms with Crippen LogP contribution in [0.1, 0.15) is 31.0 Å². The number of para-hydroxylation sites is 1. The largest absolute Gasteiger partial charge is 0.494 e. The van der Waals surface area contributed by atoms with Crippen molar-refractivity contribution in [2.75, 3.05) is 11.9 Å². The molecule has 1 amide bonds. The first kappa shape index (κ1) is 20.9. The molecule has 152 valence electrons. The third kappa shape index (κ3) is 4.76. The molecule has 1 heterocycles. The minimum Gasteiger partial charge on any atom is -0.494 e. The number of aromatic nitrogens is 1. The zero-order valence-corrected chi connectivity index (χ0v) is 17.3. The lowest BCUT2D eigenvalue weighted by molar-refractivity contribution is -0.117. The number of carbonyl (C=O) groups excluding carboxylic acids is 1. The molecule has 2 aromatic carbocycles. The van der Waals surface area contributed by atoms with Gasteiger partial charge in [0.2, 0.25) is 0 Å². The van der Waals surface area contributed by atoms with Gasteiger partial charge in [0.15, 0.2) is 0 Å². The van der Waals surface area contributed by atoms with E-state index in [2.05, 4.69) is 15.6 Å². The second kappa shape index (κ2) is 9.57. The lowest BCUT2D eigenvalue weighted by atomic mass is 10.0. The number of nitriles is 1. The number of amides is 1. The lowest BCUT2D eigenvalue weighted by Gasteiger charge is -2.18. The van der Waals surface area contributed by atoms with Gasteiger partial charge >= 0.3 is 0 Å². The van der Waals surface area contributed by atoms with Crippen molar-refractivity contribution < 1.29 is 9.53 Å². The fourth-order valence-corrected chi connectivity index (χ4v) is 3.16. The maximum atomic E-state index is 12.7. The Morgan fingerprint density at radius 3 is 2.83 bits per heavy atom. The van der Waals surface area contributed by atoms with Crippen LogP contribution in [-0.4, -0.2) is 17.5 Å². The number of pyridine rings is 1. The molecular weight excluding hydrogens is 376 g/mol. The highest BCUT2D eigenvalue weighted by Crippen LogP contribution is 2.27. The van der Waals surface area contributed by atoms with E-state index in [0.29, 0.717) is 6.61 Å². The molecule has 0 spiro atoms. The van der Waals surface area contributed by atoms with Crippen molar-refractivity contribution in [2.45, 2.75) is 26.8 Å². The molecule has 0 aliphatic carbocycles. The third-order valence-electron chi connectivity index (χ3n) is 4.65. The molecule has 2 N–H and O–H groups in total. The molecule has 0 radical (unpaired) electrons. The minimum absolute atomic E-state index is 0.0274. The summed E-state index contributed by atoms with van der Waals surface area (Å²) in [4.78, 5) is 17.1. The number of benzene rings is 2. The van der Waals surface area contributed by atoms with Gasteiger partial charge in [-0.15, -0.1) is 0 Å². The summed E-state index contributed by atoms with van der Waals surface area (Å²) in [6.45, 7) is 6.29. The summed E-state index contributed by atoms with van der Waals surface area (Å²) in [5.74, 6) is 0.257. The molecule has 0 bridgehead atoms. The lowest BCUT2D eigenvalue weighted by Crippen LogP contribution is -2.28. The van der Waals surface area contributed by atoms with E-state index in [9.17, 15) is 10.1 Å². The van der Waals surface area contributed by atoms with Crippen molar-refractivity contribution in [3.05, 3.63) is 77.6 Å². The Bertz CT molecular complexity index is 1130.